The molecule has 0 saturated carbocycles. The van der Waals surface area contributed by atoms with Crippen LogP contribution in [0, 0.1) is 0 Å². The van der Waals surface area contributed by atoms with E-state index in [2.05, 4.69) is 287 Å². The van der Waals surface area contributed by atoms with Crippen LogP contribution in [0.3, 0.4) is 0 Å². The van der Waals surface area contributed by atoms with Gasteiger partial charge in [-0.1, -0.05) is 200 Å². The molecule has 14 aromatic rings. The number of rotatable bonds is 8. The third-order valence-electron chi connectivity index (χ3n) is 14.8. The van der Waals surface area contributed by atoms with Crippen LogP contribution in [-0.2, 0) is 0 Å². The lowest BCUT2D eigenvalue weighted by Crippen LogP contribution is -2.74. The van der Waals surface area contributed by atoms with Crippen LogP contribution in [0.1, 0.15) is 0 Å². The molecule has 0 aliphatic carbocycles. The summed E-state index contributed by atoms with van der Waals surface area (Å²) >= 11 is 0. The molecule has 0 fully saturated rings. The maximum Gasteiger partial charge on any atom is 0.179 e. The molecular weight excluding hydrogens is 863 g/mol. The minimum absolute atomic E-state index is 1.14. The normalized spacial score (nSPS) is 12.0. The molecule has 0 N–H and O–H groups in total. The molecule has 0 aliphatic rings. The van der Waals surface area contributed by atoms with Crippen molar-refractivity contribution in [3.8, 4) is 28.2 Å². The van der Waals surface area contributed by atoms with Crippen LogP contribution in [0.2, 0.25) is 0 Å². The highest BCUT2D eigenvalue weighted by atomic mass is 28.3. The van der Waals surface area contributed by atoms with E-state index in [-0.39, 0.29) is 0 Å². The highest BCUT2D eigenvalue weighted by molar-refractivity contribution is 7.20. The van der Waals surface area contributed by atoms with Gasteiger partial charge in [-0.25, -0.2) is 0 Å². The third kappa shape index (κ3) is 6.00. The quantitative estimate of drug-likeness (QED) is 0.107. The second-order valence-corrected chi connectivity index (χ2v) is 22.2. The zero-order chi connectivity index (χ0) is 46.2. The average Bonchev–Trinajstić information content (AvgIpc) is 4.08. The van der Waals surface area contributed by atoms with Crippen molar-refractivity contribution in [1.29, 1.82) is 0 Å². The first-order valence-corrected chi connectivity index (χ1v) is 26.2. The molecule has 0 amide bonds. The van der Waals surface area contributed by atoms with E-state index in [9.17, 15) is 0 Å². The van der Waals surface area contributed by atoms with Gasteiger partial charge in [-0.2, -0.15) is 0 Å². The van der Waals surface area contributed by atoms with Gasteiger partial charge in [0, 0.05) is 49.4 Å². The number of aromatic nitrogens is 3. The molecule has 0 bridgehead atoms. The van der Waals surface area contributed by atoms with E-state index in [1.807, 2.05) is 0 Å². The molecule has 3 nitrogen and oxygen atoms in total. The molecule has 0 aliphatic heterocycles. The van der Waals surface area contributed by atoms with Crippen molar-refractivity contribution in [1.82, 2.24) is 13.7 Å². The molecule has 11 aromatic carbocycles. The molecule has 0 unspecified atom stereocenters. The van der Waals surface area contributed by atoms with Crippen molar-refractivity contribution >= 4 is 94.2 Å². The smallest absolute Gasteiger partial charge is 0.179 e. The van der Waals surface area contributed by atoms with Gasteiger partial charge in [0.05, 0.1) is 33.1 Å². The van der Waals surface area contributed by atoms with Crippen LogP contribution in [0.15, 0.2) is 273 Å². The third-order valence-corrected chi connectivity index (χ3v) is 19.5. The fraction of sp³-hybridized carbons (Fsp3) is 0. The molecule has 14 rings (SSSR count). The van der Waals surface area contributed by atoms with Gasteiger partial charge in [0.15, 0.2) is 8.07 Å². The molecule has 0 radical (unpaired) electrons. The zero-order valence-electron chi connectivity index (χ0n) is 38.3. The lowest BCUT2D eigenvalue weighted by Gasteiger charge is -2.35. The summed E-state index contributed by atoms with van der Waals surface area (Å²) < 4.78 is 7.36. The lowest BCUT2D eigenvalue weighted by molar-refractivity contribution is 1.17. The summed E-state index contributed by atoms with van der Waals surface area (Å²) in [4.78, 5) is 0. The number of benzene rings is 11. The lowest BCUT2D eigenvalue weighted by atomic mass is 9.99. The van der Waals surface area contributed by atoms with Crippen molar-refractivity contribution in [2.24, 2.45) is 0 Å². The van der Waals surface area contributed by atoms with Gasteiger partial charge in [0.25, 0.3) is 0 Å². The summed E-state index contributed by atoms with van der Waals surface area (Å²) in [5.74, 6) is 0. The van der Waals surface area contributed by atoms with Gasteiger partial charge >= 0.3 is 0 Å². The fourth-order valence-corrected chi connectivity index (χ4v) is 16.6. The molecule has 328 valence electrons. The van der Waals surface area contributed by atoms with Crippen molar-refractivity contribution in [3.05, 3.63) is 273 Å². The Bertz CT molecular complexity index is 4240. The van der Waals surface area contributed by atoms with E-state index in [0.717, 1.165) is 17.1 Å². The van der Waals surface area contributed by atoms with Crippen molar-refractivity contribution in [3.63, 3.8) is 0 Å². The molecule has 0 atom stereocenters. The van der Waals surface area contributed by atoms with Crippen LogP contribution in [0.25, 0.3) is 93.6 Å². The van der Waals surface area contributed by atoms with E-state index in [0.29, 0.717) is 0 Å². The van der Waals surface area contributed by atoms with Crippen molar-refractivity contribution < 1.29 is 0 Å². The van der Waals surface area contributed by atoms with Gasteiger partial charge in [-0.3, -0.25) is 0 Å². The van der Waals surface area contributed by atoms with E-state index >= 15 is 0 Å². The summed E-state index contributed by atoms with van der Waals surface area (Å²) in [7, 11) is -3.01. The summed E-state index contributed by atoms with van der Waals surface area (Å²) in [6.45, 7) is 0. The van der Waals surface area contributed by atoms with Crippen LogP contribution in [-0.4, -0.2) is 21.8 Å². The van der Waals surface area contributed by atoms with Crippen molar-refractivity contribution in [2.75, 3.05) is 0 Å². The number of hydrogen-bond acceptors (Lipinski definition) is 0. The van der Waals surface area contributed by atoms with E-state index < -0.39 is 8.07 Å². The van der Waals surface area contributed by atoms with Gasteiger partial charge in [-0.05, 0) is 105 Å². The predicted octanol–water partition coefficient (Wildman–Crippen LogP) is 14.0. The Labute approximate surface area is 407 Å². The number of fused-ring (bicyclic) bond motifs is 9. The topological polar surface area (TPSA) is 14.8 Å². The summed E-state index contributed by atoms with van der Waals surface area (Å²) in [6, 6.07) is 101. The predicted molar refractivity (Wildman–Crippen MR) is 299 cm³/mol. The highest BCUT2D eigenvalue weighted by Crippen LogP contribution is 2.40. The molecule has 3 aromatic heterocycles. The number of hydrogen-bond donors (Lipinski definition) is 0. The van der Waals surface area contributed by atoms with Crippen LogP contribution < -0.4 is 20.7 Å². The van der Waals surface area contributed by atoms with Gasteiger partial charge in [0.2, 0.25) is 0 Å². The first-order valence-electron chi connectivity index (χ1n) is 24.2. The minimum Gasteiger partial charge on any atom is -0.309 e. The van der Waals surface area contributed by atoms with Crippen LogP contribution in [0.5, 0.6) is 0 Å². The van der Waals surface area contributed by atoms with Crippen molar-refractivity contribution in [2.45, 2.75) is 0 Å². The maximum absolute atomic E-state index is 3.01. The van der Waals surface area contributed by atoms with Gasteiger partial charge < -0.3 is 13.7 Å². The molecule has 0 saturated heterocycles. The number of para-hydroxylation sites is 4. The summed E-state index contributed by atoms with van der Waals surface area (Å²) in [5.41, 5.74) is 13.1. The highest BCUT2D eigenvalue weighted by Gasteiger charge is 2.42. The van der Waals surface area contributed by atoms with E-state index in [1.54, 1.807) is 0 Å². The summed E-state index contributed by atoms with van der Waals surface area (Å²) in [6.07, 6.45) is 0. The van der Waals surface area contributed by atoms with Crippen LogP contribution in [0.4, 0.5) is 0 Å². The first kappa shape index (κ1) is 40.1. The Morgan fingerprint density at radius 1 is 0.229 bits per heavy atom. The SMILES string of the molecule is c1ccc(-c2cccc3c2c2ccccc2n3-c2ccc3c(c2)c2ccccc2n3-c2cccc([Si](c3ccccc3)(c3ccccc3)c3ccc4c(c3)c3ccccc3n4-c3ccccc3)c2)cc1. The zero-order valence-corrected chi connectivity index (χ0v) is 39.3. The monoisotopic (exact) mass is 907 g/mol. The Hall–Kier alpha value is -8.96. The van der Waals surface area contributed by atoms with E-state index in [1.165, 1.54) is 97.3 Å². The second-order valence-electron chi connectivity index (χ2n) is 18.4. The maximum atomic E-state index is 2.52. The standard InChI is InChI=1S/C66H45N3Si/c1-5-21-46(22-6-1)54-34-20-38-65-66(54)57-33-15-18-37-62(57)69(65)49-39-41-63-58(44-49)55-31-13-17-36-61(55)68(63)48-25-19-30-52(43-48)70(50-26-9-3-10-27-50,51-28-11-4-12-29-51)53-40-42-64-59(45-53)56-32-14-16-35-60(56)67(64)47-23-7-2-8-24-47/h1-45H. The molecule has 0 spiro atoms. The number of nitrogens with zero attached hydrogens (tertiary/aromatic N) is 3. The molecule has 3 heterocycles. The largest absolute Gasteiger partial charge is 0.309 e. The first-order chi connectivity index (χ1) is 34.8. The molecule has 4 heteroatoms. The average molecular weight is 908 g/mol. The van der Waals surface area contributed by atoms with E-state index in [4.69, 9.17) is 0 Å². The van der Waals surface area contributed by atoms with Gasteiger partial charge in [0.1, 0.15) is 0 Å². The summed E-state index contributed by atoms with van der Waals surface area (Å²) in [5, 5.41) is 12.9. The Balaban J connectivity index is 0.998. The van der Waals surface area contributed by atoms with Crippen LogP contribution >= 0.6 is 0 Å². The fourth-order valence-electron chi connectivity index (χ4n) is 11.8. The Kier molecular flexibility index (Phi) is 9.23. The minimum atomic E-state index is -3.01. The Morgan fingerprint density at radius 3 is 1.30 bits per heavy atom. The molecular formula is C66H45N3Si. The second kappa shape index (κ2) is 16.1. The molecule has 70 heavy (non-hydrogen) atoms. The van der Waals surface area contributed by atoms with Gasteiger partial charge in [-0.15, -0.1) is 0 Å². The Morgan fingerprint density at radius 2 is 0.643 bits per heavy atom.